The molecule has 2 aromatic carbocycles. The van der Waals surface area contributed by atoms with Crippen LogP contribution in [0.15, 0.2) is 36.4 Å². The molecule has 1 aliphatic carbocycles. The quantitative estimate of drug-likeness (QED) is 0.237. The number of halogens is 2. The maximum Gasteiger partial charge on any atom is 0.201 e. The number of unbranched alkanes of at least 4 members (excludes halogenated alkanes) is 5. The minimum atomic E-state index is -0.959. The van der Waals surface area contributed by atoms with Crippen LogP contribution in [0.4, 0.5) is 8.78 Å². The summed E-state index contributed by atoms with van der Waals surface area (Å²) >= 11 is 0. The van der Waals surface area contributed by atoms with Gasteiger partial charge in [-0.3, -0.25) is 0 Å². The van der Waals surface area contributed by atoms with Crippen molar-refractivity contribution in [3.63, 3.8) is 0 Å². The van der Waals surface area contributed by atoms with Crippen LogP contribution in [0.25, 0.3) is 0 Å². The van der Waals surface area contributed by atoms with E-state index in [1.54, 1.807) is 0 Å². The maximum atomic E-state index is 14.4. The molecule has 1 aliphatic rings. The number of benzene rings is 2. The summed E-state index contributed by atoms with van der Waals surface area (Å²) in [5, 5.41) is 0. The average molecular weight is 467 g/mol. The van der Waals surface area contributed by atoms with E-state index in [1.165, 1.54) is 75.5 Å². The molecule has 1 saturated carbocycles. The normalized spacial score (nSPS) is 17.8. The summed E-state index contributed by atoms with van der Waals surface area (Å²) in [5.74, 6) is 5.36. The zero-order chi connectivity index (χ0) is 24.2. The van der Waals surface area contributed by atoms with Gasteiger partial charge in [-0.25, -0.2) is 4.39 Å². The van der Waals surface area contributed by atoms with Gasteiger partial charge in [0.1, 0.15) is 0 Å². The second-order valence-corrected chi connectivity index (χ2v) is 9.73. The lowest BCUT2D eigenvalue weighted by Crippen LogP contribution is -2.13. The van der Waals surface area contributed by atoms with Crippen molar-refractivity contribution >= 4 is 0 Å². The molecule has 3 rings (SSSR count). The third kappa shape index (κ3) is 7.86. The Hall–Kier alpha value is -2.34. The Kier molecular flexibility index (Phi) is 10.9. The van der Waals surface area contributed by atoms with Crippen LogP contribution in [0, 0.1) is 29.4 Å². The first-order valence-electron chi connectivity index (χ1n) is 13.3. The van der Waals surface area contributed by atoms with E-state index >= 15 is 0 Å². The predicted octanol–water partition coefficient (Wildman–Crippen LogP) is 9.18. The Labute approximate surface area is 205 Å². The molecule has 0 spiro atoms. The SMILES string of the molecule is CCCCCCC1CCC(c2ccc(C#Cc3ccc(OCCCCC)c(F)c3F)cc2)CC1. The van der Waals surface area contributed by atoms with Crippen molar-refractivity contribution in [3.8, 4) is 17.6 Å². The molecule has 0 bridgehead atoms. The lowest BCUT2D eigenvalue weighted by atomic mass is 9.77. The van der Waals surface area contributed by atoms with Gasteiger partial charge in [-0.15, -0.1) is 0 Å². The number of hydrogen-bond acceptors (Lipinski definition) is 1. The smallest absolute Gasteiger partial charge is 0.201 e. The van der Waals surface area contributed by atoms with Gasteiger partial charge in [0.25, 0.3) is 0 Å². The Morgan fingerprint density at radius 3 is 2.18 bits per heavy atom. The van der Waals surface area contributed by atoms with Crippen LogP contribution in [-0.2, 0) is 0 Å². The van der Waals surface area contributed by atoms with E-state index in [0.29, 0.717) is 12.5 Å². The molecule has 0 aliphatic heterocycles. The molecule has 0 aromatic heterocycles. The summed E-state index contributed by atoms with van der Waals surface area (Å²) in [7, 11) is 0. The van der Waals surface area contributed by atoms with Crippen molar-refractivity contribution in [1.29, 1.82) is 0 Å². The van der Waals surface area contributed by atoms with Gasteiger partial charge in [0, 0.05) is 5.56 Å². The van der Waals surface area contributed by atoms with Crippen molar-refractivity contribution < 1.29 is 13.5 Å². The summed E-state index contributed by atoms with van der Waals surface area (Å²) in [6.45, 7) is 4.74. The highest BCUT2D eigenvalue weighted by molar-refractivity contribution is 5.46. The topological polar surface area (TPSA) is 9.23 Å². The first-order chi connectivity index (χ1) is 16.6. The third-order valence-electron chi connectivity index (χ3n) is 7.09. The Morgan fingerprint density at radius 2 is 1.47 bits per heavy atom. The molecule has 1 fully saturated rings. The van der Waals surface area contributed by atoms with E-state index in [4.69, 9.17) is 4.74 Å². The fraction of sp³-hybridized carbons (Fsp3) is 0.548. The standard InChI is InChI=1S/C31H40F2O/c1-3-5-7-8-10-24-11-16-26(17-12-24)27-18-13-25(14-19-27)15-20-28-21-22-29(31(33)30(28)32)34-23-9-6-4-2/h13-14,18-19,21-22,24,26H,3-12,16-17,23H2,1-2H3. The summed E-state index contributed by atoms with van der Waals surface area (Å²) in [4.78, 5) is 0. The Bertz CT molecular complexity index is 930. The van der Waals surface area contributed by atoms with Gasteiger partial charge in [0.15, 0.2) is 11.6 Å². The second-order valence-electron chi connectivity index (χ2n) is 9.73. The van der Waals surface area contributed by atoms with E-state index in [2.05, 4.69) is 37.8 Å². The van der Waals surface area contributed by atoms with Gasteiger partial charge in [-0.2, -0.15) is 4.39 Å². The summed E-state index contributed by atoms with van der Waals surface area (Å²) in [6.07, 6.45) is 14.9. The molecule has 184 valence electrons. The van der Waals surface area contributed by atoms with Gasteiger partial charge in [0.05, 0.1) is 12.2 Å². The highest BCUT2D eigenvalue weighted by Crippen LogP contribution is 2.37. The molecule has 0 unspecified atom stereocenters. The Balaban J connectivity index is 1.53. The van der Waals surface area contributed by atoms with Crippen molar-refractivity contribution in [3.05, 3.63) is 64.7 Å². The number of rotatable bonds is 11. The maximum absolute atomic E-state index is 14.4. The monoisotopic (exact) mass is 466 g/mol. The van der Waals surface area contributed by atoms with Crippen molar-refractivity contribution in [2.24, 2.45) is 5.92 Å². The predicted molar refractivity (Wildman–Crippen MR) is 137 cm³/mol. The van der Waals surface area contributed by atoms with Crippen LogP contribution >= 0.6 is 0 Å². The molecule has 0 saturated heterocycles. The highest BCUT2D eigenvalue weighted by atomic mass is 19.2. The molecule has 0 atom stereocenters. The van der Waals surface area contributed by atoms with E-state index in [-0.39, 0.29) is 11.3 Å². The Morgan fingerprint density at radius 1 is 0.765 bits per heavy atom. The van der Waals surface area contributed by atoms with Crippen molar-refractivity contribution in [2.75, 3.05) is 6.61 Å². The molecular formula is C31H40F2O. The minimum Gasteiger partial charge on any atom is -0.490 e. The van der Waals surface area contributed by atoms with Crippen LogP contribution in [0.5, 0.6) is 5.75 Å². The van der Waals surface area contributed by atoms with E-state index in [0.717, 1.165) is 30.7 Å². The molecule has 0 radical (unpaired) electrons. The van der Waals surface area contributed by atoms with Crippen LogP contribution in [0.2, 0.25) is 0 Å². The summed E-state index contributed by atoms with van der Waals surface area (Å²) < 4.78 is 34.1. The number of hydrogen-bond donors (Lipinski definition) is 0. The van der Waals surface area contributed by atoms with Gasteiger partial charge in [0.2, 0.25) is 5.82 Å². The largest absolute Gasteiger partial charge is 0.490 e. The minimum absolute atomic E-state index is 0.0424. The molecule has 2 aromatic rings. The van der Waals surface area contributed by atoms with Crippen LogP contribution in [0.3, 0.4) is 0 Å². The van der Waals surface area contributed by atoms with E-state index in [1.807, 2.05) is 12.1 Å². The lowest BCUT2D eigenvalue weighted by molar-refractivity contribution is 0.286. The summed E-state index contributed by atoms with van der Waals surface area (Å²) in [6, 6.07) is 11.3. The molecule has 1 nitrogen and oxygen atoms in total. The zero-order valence-corrected chi connectivity index (χ0v) is 21.0. The highest BCUT2D eigenvalue weighted by Gasteiger charge is 2.22. The van der Waals surface area contributed by atoms with Crippen molar-refractivity contribution in [2.45, 2.75) is 96.8 Å². The van der Waals surface area contributed by atoms with Crippen LogP contribution in [0.1, 0.15) is 114 Å². The van der Waals surface area contributed by atoms with Gasteiger partial charge in [-0.1, -0.05) is 82.8 Å². The van der Waals surface area contributed by atoms with E-state index in [9.17, 15) is 8.78 Å². The fourth-order valence-electron chi connectivity index (χ4n) is 4.90. The van der Waals surface area contributed by atoms with Gasteiger partial charge in [-0.05, 0) is 73.8 Å². The molecule has 0 heterocycles. The van der Waals surface area contributed by atoms with Crippen molar-refractivity contribution in [1.82, 2.24) is 0 Å². The molecular weight excluding hydrogens is 426 g/mol. The molecule has 0 N–H and O–H groups in total. The number of ether oxygens (including phenoxy) is 1. The van der Waals surface area contributed by atoms with E-state index < -0.39 is 11.6 Å². The van der Waals surface area contributed by atoms with Crippen LogP contribution < -0.4 is 4.74 Å². The lowest BCUT2D eigenvalue weighted by Gasteiger charge is -2.29. The first-order valence-corrected chi connectivity index (χ1v) is 13.3. The first kappa shape index (κ1) is 26.3. The summed E-state index contributed by atoms with van der Waals surface area (Å²) in [5.41, 5.74) is 2.24. The average Bonchev–Trinajstić information content (AvgIpc) is 2.87. The molecule has 3 heteroatoms. The van der Waals surface area contributed by atoms with Gasteiger partial charge >= 0.3 is 0 Å². The van der Waals surface area contributed by atoms with Gasteiger partial charge < -0.3 is 4.74 Å². The molecule has 34 heavy (non-hydrogen) atoms. The second kappa shape index (κ2) is 14.1. The zero-order valence-electron chi connectivity index (χ0n) is 21.0. The fourth-order valence-corrected chi connectivity index (χ4v) is 4.90. The molecule has 0 amide bonds. The third-order valence-corrected chi connectivity index (χ3v) is 7.09. The van der Waals surface area contributed by atoms with Crippen LogP contribution in [-0.4, -0.2) is 6.61 Å².